The maximum atomic E-state index is 12.1. The summed E-state index contributed by atoms with van der Waals surface area (Å²) in [7, 11) is 0. The molecule has 0 bridgehead atoms. The number of rotatable bonds is 8. The Labute approximate surface area is 129 Å². The van der Waals surface area contributed by atoms with Crippen LogP contribution in [0, 0.1) is 16.0 Å². The van der Waals surface area contributed by atoms with Crippen molar-refractivity contribution in [2.75, 3.05) is 6.54 Å². The number of carbonyl (C=O) groups is 1. The average Bonchev–Trinajstić information content (AvgIpc) is 2.46. The van der Waals surface area contributed by atoms with Crippen molar-refractivity contribution in [3.05, 3.63) is 38.9 Å². The molecule has 0 aromatic heterocycles. The fourth-order valence-electron chi connectivity index (χ4n) is 2.08. The van der Waals surface area contributed by atoms with Crippen LogP contribution in [0.4, 0.5) is 5.69 Å². The van der Waals surface area contributed by atoms with Gasteiger partial charge in [0.15, 0.2) is 0 Å². The number of nitrogens with zero attached hydrogens (tertiary/aromatic N) is 1. The molecule has 1 rings (SSSR count). The van der Waals surface area contributed by atoms with Crippen LogP contribution in [-0.4, -0.2) is 17.4 Å². The predicted molar refractivity (Wildman–Crippen MR) is 83.7 cm³/mol. The summed E-state index contributed by atoms with van der Waals surface area (Å²) in [6.07, 6.45) is 4.38. The number of unbranched alkanes of at least 4 members (excludes halogenated alkanes) is 1. The molecule has 0 aliphatic heterocycles. The molecule has 1 amide bonds. The van der Waals surface area contributed by atoms with Crippen molar-refractivity contribution in [2.24, 2.45) is 5.92 Å². The van der Waals surface area contributed by atoms with Crippen LogP contribution in [0.25, 0.3) is 0 Å². The fraction of sp³-hybridized carbons (Fsp3) is 0.533. The van der Waals surface area contributed by atoms with Gasteiger partial charge >= 0.3 is 0 Å². The molecule has 5 nitrogen and oxygen atoms in total. The zero-order chi connectivity index (χ0) is 15.8. The van der Waals surface area contributed by atoms with Gasteiger partial charge in [0.1, 0.15) is 0 Å². The Bertz CT molecular complexity index is 506. The third-order valence-corrected chi connectivity index (χ3v) is 3.82. The van der Waals surface area contributed by atoms with E-state index < -0.39 is 4.92 Å². The number of nitro benzene ring substituents is 1. The van der Waals surface area contributed by atoms with Crippen molar-refractivity contribution < 1.29 is 9.72 Å². The highest BCUT2D eigenvalue weighted by Crippen LogP contribution is 2.22. The van der Waals surface area contributed by atoms with Crippen LogP contribution in [-0.2, 0) is 0 Å². The van der Waals surface area contributed by atoms with Crippen LogP contribution in [0.2, 0.25) is 5.02 Å². The van der Waals surface area contributed by atoms with Crippen LogP contribution in [0.3, 0.4) is 0 Å². The van der Waals surface area contributed by atoms with Crippen molar-refractivity contribution in [2.45, 2.75) is 39.5 Å². The van der Waals surface area contributed by atoms with Gasteiger partial charge in [-0.25, -0.2) is 0 Å². The molecule has 0 saturated carbocycles. The first-order valence-corrected chi connectivity index (χ1v) is 7.59. The molecule has 0 aliphatic rings. The van der Waals surface area contributed by atoms with E-state index in [0.717, 1.165) is 25.7 Å². The summed E-state index contributed by atoms with van der Waals surface area (Å²) in [4.78, 5) is 22.2. The molecule has 0 saturated heterocycles. The van der Waals surface area contributed by atoms with Gasteiger partial charge in [0.25, 0.3) is 11.6 Å². The normalized spacial score (nSPS) is 12.0. The predicted octanol–water partition coefficient (Wildman–Crippen LogP) is 4.19. The lowest BCUT2D eigenvalue weighted by atomic mass is 9.99. The molecule has 1 aromatic rings. The molecule has 0 fully saturated rings. The molecule has 1 atom stereocenters. The minimum atomic E-state index is -0.536. The number of nitro groups is 1. The third kappa shape index (κ3) is 5.34. The molecular formula is C15H21ClN2O3. The maximum absolute atomic E-state index is 12.1. The van der Waals surface area contributed by atoms with Crippen molar-refractivity contribution in [1.29, 1.82) is 0 Å². The largest absolute Gasteiger partial charge is 0.352 e. The molecule has 0 radical (unpaired) electrons. The lowest BCUT2D eigenvalue weighted by Gasteiger charge is -2.15. The molecule has 0 aliphatic carbocycles. The summed E-state index contributed by atoms with van der Waals surface area (Å²) in [6, 6.07) is 3.88. The molecule has 1 unspecified atom stereocenters. The Balaban J connectivity index is 2.65. The summed E-state index contributed by atoms with van der Waals surface area (Å²) in [5.74, 6) is 0.163. The van der Waals surface area contributed by atoms with Crippen LogP contribution in [0.15, 0.2) is 18.2 Å². The Morgan fingerprint density at radius 1 is 1.43 bits per heavy atom. The van der Waals surface area contributed by atoms with Crippen LogP contribution < -0.4 is 5.32 Å². The lowest BCUT2D eigenvalue weighted by molar-refractivity contribution is -0.384. The first kappa shape index (κ1) is 17.4. The van der Waals surface area contributed by atoms with E-state index in [1.807, 2.05) is 0 Å². The standard InChI is InChI=1S/C15H21ClN2O3/c1-3-5-6-11(4-2)10-17-15(19)13-8-7-12(18(20)21)9-14(13)16/h7-9,11H,3-6,10H2,1-2H3,(H,17,19). The number of hydrogen-bond acceptors (Lipinski definition) is 3. The van der Waals surface area contributed by atoms with Gasteiger partial charge in [0, 0.05) is 18.7 Å². The number of hydrogen-bond donors (Lipinski definition) is 1. The molecule has 21 heavy (non-hydrogen) atoms. The molecule has 6 heteroatoms. The molecule has 1 N–H and O–H groups in total. The van der Waals surface area contributed by atoms with Gasteiger partial charge in [0.2, 0.25) is 0 Å². The summed E-state index contributed by atoms with van der Waals surface area (Å²) >= 11 is 5.94. The fourth-order valence-corrected chi connectivity index (χ4v) is 2.34. The molecule has 0 heterocycles. The highest BCUT2D eigenvalue weighted by molar-refractivity contribution is 6.34. The Kier molecular flexibility index (Phi) is 7.15. The van der Waals surface area contributed by atoms with Crippen molar-refractivity contribution in [1.82, 2.24) is 5.32 Å². The SMILES string of the molecule is CCCCC(CC)CNC(=O)c1ccc([N+](=O)[O-])cc1Cl. The van der Waals surface area contributed by atoms with Gasteiger partial charge in [0.05, 0.1) is 15.5 Å². The monoisotopic (exact) mass is 312 g/mol. The summed E-state index contributed by atoms with van der Waals surface area (Å²) in [5.41, 5.74) is 0.151. The molecular weight excluding hydrogens is 292 g/mol. The molecule has 1 aromatic carbocycles. The Hall–Kier alpha value is -1.62. The topological polar surface area (TPSA) is 72.2 Å². The van der Waals surface area contributed by atoms with E-state index in [-0.39, 0.29) is 22.2 Å². The van der Waals surface area contributed by atoms with E-state index in [2.05, 4.69) is 19.2 Å². The first-order valence-electron chi connectivity index (χ1n) is 7.21. The van der Waals surface area contributed by atoms with Crippen molar-refractivity contribution in [3.63, 3.8) is 0 Å². The zero-order valence-corrected chi connectivity index (χ0v) is 13.2. The van der Waals surface area contributed by atoms with Crippen molar-refractivity contribution in [3.8, 4) is 0 Å². The van der Waals surface area contributed by atoms with E-state index >= 15 is 0 Å². The Morgan fingerprint density at radius 2 is 2.14 bits per heavy atom. The van der Waals surface area contributed by atoms with Gasteiger partial charge in [-0.05, 0) is 18.4 Å². The number of amides is 1. The van der Waals surface area contributed by atoms with Crippen LogP contribution in [0.5, 0.6) is 0 Å². The summed E-state index contributed by atoms with van der Waals surface area (Å²) < 4.78 is 0. The van der Waals surface area contributed by atoms with Gasteiger partial charge in [-0.3, -0.25) is 14.9 Å². The maximum Gasteiger partial charge on any atom is 0.270 e. The smallest absolute Gasteiger partial charge is 0.270 e. The third-order valence-electron chi connectivity index (χ3n) is 3.50. The second-order valence-electron chi connectivity index (χ2n) is 5.05. The second-order valence-corrected chi connectivity index (χ2v) is 5.45. The van der Waals surface area contributed by atoms with E-state index in [1.54, 1.807) is 0 Å². The van der Waals surface area contributed by atoms with Crippen LogP contribution in [0.1, 0.15) is 49.9 Å². The summed E-state index contributed by atoms with van der Waals surface area (Å²) in [5, 5.41) is 13.6. The highest BCUT2D eigenvalue weighted by atomic mass is 35.5. The van der Waals surface area contributed by atoms with E-state index in [0.29, 0.717) is 12.5 Å². The number of carbonyl (C=O) groups excluding carboxylic acids is 1. The minimum absolute atomic E-state index is 0.100. The average molecular weight is 313 g/mol. The Morgan fingerprint density at radius 3 is 2.67 bits per heavy atom. The van der Waals surface area contributed by atoms with Gasteiger partial charge in [-0.1, -0.05) is 44.7 Å². The van der Waals surface area contributed by atoms with Gasteiger partial charge in [-0.2, -0.15) is 0 Å². The van der Waals surface area contributed by atoms with Crippen LogP contribution >= 0.6 is 11.6 Å². The van der Waals surface area contributed by atoms with E-state index in [4.69, 9.17) is 11.6 Å². The number of nitrogens with one attached hydrogen (secondary N) is 1. The quantitative estimate of drug-likeness (QED) is 0.577. The highest BCUT2D eigenvalue weighted by Gasteiger charge is 2.15. The second kappa shape index (κ2) is 8.62. The number of halogens is 1. The first-order chi connectivity index (χ1) is 9.99. The van der Waals surface area contributed by atoms with Crippen molar-refractivity contribution >= 4 is 23.2 Å². The van der Waals surface area contributed by atoms with Gasteiger partial charge < -0.3 is 5.32 Å². The lowest BCUT2D eigenvalue weighted by Crippen LogP contribution is -2.29. The van der Waals surface area contributed by atoms with Gasteiger partial charge in [-0.15, -0.1) is 0 Å². The molecule has 0 spiro atoms. The zero-order valence-electron chi connectivity index (χ0n) is 12.4. The summed E-state index contributed by atoms with van der Waals surface area (Å²) in [6.45, 7) is 4.84. The number of benzene rings is 1. The minimum Gasteiger partial charge on any atom is -0.352 e. The van der Waals surface area contributed by atoms with E-state index in [9.17, 15) is 14.9 Å². The van der Waals surface area contributed by atoms with E-state index in [1.165, 1.54) is 18.2 Å². The molecule has 116 valence electrons. The number of non-ortho nitro benzene ring substituents is 1.